The highest BCUT2D eigenvalue weighted by Gasteiger charge is 2.35. The number of unbranched alkanes of at least 4 members (excludes halogenated alkanes) is 4. The highest BCUT2D eigenvalue weighted by Crippen LogP contribution is 2.22. The average Bonchev–Trinajstić information content (AvgIpc) is 1.54. The largest absolute Gasteiger partial charge is 0.534 e. The molecule has 5 aromatic heterocycles. The molecule has 118 heavy (non-hydrogen) atoms. The van der Waals surface area contributed by atoms with Crippen molar-refractivity contribution in [2.75, 3.05) is 13.1 Å². The van der Waals surface area contributed by atoms with Crippen LogP contribution in [0.1, 0.15) is 228 Å². The average molecular weight is 1620 g/mol. The normalized spacial score (nSPS) is 15.3. The Morgan fingerprint density at radius 2 is 0.847 bits per heavy atom. The molecule has 5 N–H and O–H groups in total. The fourth-order valence-corrected chi connectivity index (χ4v) is 11.4. The van der Waals surface area contributed by atoms with Gasteiger partial charge in [0.2, 0.25) is 17.5 Å². The molecule has 4 aliphatic rings. The lowest BCUT2D eigenvalue weighted by molar-refractivity contribution is -0.197. The first-order chi connectivity index (χ1) is 57.4. The van der Waals surface area contributed by atoms with Crippen LogP contribution in [0.3, 0.4) is 0 Å². The molecule has 12 rings (SSSR count). The van der Waals surface area contributed by atoms with Gasteiger partial charge in [-0.1, -0.05) is 122 Å². The summed E-state index contributed by atoms with van der Waals surface area (Å²) in [5.41, 5.74) is 17.6. The molecule has 3 aromatic carbocycles. The number of amides is 4. The third-order valence-electron chi connectivity index (χ3n) is 18.0. The van der Waals surface area contributed by atoms with Crippen LogP contribution in [0.25, 0.3) is 34.2 Å². The van der Waals surface area contributed by atoms with E-state index in [-0.39, 0.29) is 68.1 Å². The standard InChI is InChI=1S/C19H19N5O5.C16H18N4O2.C13H17NO5.C10H10N4.C9H16N4.C8H14O.C7H13N5/c25-15(2-1-3-18(28)29-24-16(26)10-11-17(24)27)9-6-13-4-7-14(8-5-13)19-22-20-12-21-23-19;1-12(21)3-2-4-15(22)10-7-13-5-8-14(9-6-13)16-19-17-11-18-20-16;15-11-8-9-12(16)14(11)19-13(17)18-10-6-4-2-1-3-5-7-10;1-2-8-3-5-9(6-4-8)10-13-11-7-12-14-10;1-8-7-11-9(13-12-8)5-3-2-4-6-10;9-8-6-4-2-1-3-5-7-8;8-5-3-1-2-4-7-11-9-6-10-12-7/h4-5,7-8,12H,1-3,6,9-11H2;5-6,8-9,11H,2-4,7,10H2,1H3;1-2,10H,3-9H2;3-7H,2H2,1H3;7H,2-6,10H2,1H3;1-2,8-9H,3-7H2;6H,1-5,8H2/b;;2-1+;;;2-1+;. The Morgan fingerprint density at radius 1 is 0.432 bits per heavy atom. The van der Waals surface area contributed by atoms with Crippen LogP contribution in [0.5, 0.6) is 0 Å². The van der Waals surface area contributed by atoms with E-state index in [4.69, 9.17) is 21.0 Å². The first-order valence-electron chi connectivity index (χ1n) is 40.0. The number of allylic oxidation sites excluding steroid dienone is 4. The minimum absolute atomic E-state index is 0.0231. The lowest BCUT2D eigenvalue weighted by Crippen LogP contribution is -2.33. The number of benzene rings is 3. The van der Waals surface area contributed by atoms with E-state index in [1.165, 1.54) is 30.9 Å². The second-order valence-electron chi connectivity index (χ2n) is 27.5. The number of aliphatic hydroxyl groups excluding tert-OH is 1. The van der Waals surface area contributed by atoms with Crippen molar-refractivity contribution in [2.45, 2.75) is 245 Å². The molecule has 2 aliphatic heterocycles. The fourth-order valence-electron chi connectivity index (χ4n) is 11.4. The van der Waals surface area contributed by atoms with Crippen LogP contribution in [-0.4, -0.2) is 190 Å². The summed E-state index contributed by atoms with van der Waals surface area (Å²) < 4.78 is 5.14. The molecular weight excluding hydrogens is 1520 g/mol. The van der Waals surface area contributed by atoms with Crippen LogP contribution in [0, 0.1) is 6.92 Å². The molecule has 4 amide bonds. The molecule has 2 atom stereocenters. The van der Waals surface area contributed by atoms with Gasteiger partial charge in [0, 0.05) is 93.7 Å². The van der Waals surface area contributed by atoms with Crippen LogP contribution in [-0.2, 0) is 84.9 Å². The maximum atomic E-state index is 12.0. The Hall–Kier alpha value is -12.2. The SMILES string of the molecule is CC(=O)CCCC(=O)CCc1ccc(-c2nncnn2)cc1.CCc1ccc(-c2nncnn2)cc1.Cc1cnc(CCCCCN)nn1.NCCCCCc1nncnn1.O=C(CCCC(=O)ON1C(=O)CCC1=O)CCc1ccc(-c2nncnn2)cc1.O=C(OC1CC/C=C/CCC1)ON1C(=O)CCC1=O.OC1CC/C=C/CCC1. The summed E-state index contributed by atoms with van der Waals surface area (Å²) in [4.78, 5) is 117. The van der Waals surface area contributed by atoms with E-state index < -0.39 is 35.8 Å². The van der Waals surface area contributed by atoms with Crippen LogP contribution in [0.15, 0.2) is 129 Å². The Bertz CT molecular complexity index is 4290. The van der Waals surface area contributed by atoms with Crippen molar-refractivity contribution in [1.82, 2.24) is 107 Å². The molecule has 0 saturated carbocycles. The highest BCUT2D eigenvalue weighted by atomic mass is 16.8. The van der Waals surface area contributed by atoms with E-state index in [9.17, 15) is 48.3 Å². The van der Waals surface area contributed by atoms with Gasteiger partial charge in [-0.2, -0.15) is 5.10 Å². The first kappa shape index (κ1) is 94.7. The number of hydrogen-bond acceptors (Lipinski definition) is 34. The maximum Gasteiger partial charge on any atom is 0.534 e. The van der Waals surface area contributed by atoms with Gasteiger partial charge in [0.05, 0.1) is 18.0 Å². The monoisotopic (exact) mass is 1620 g/mol. The van der Waals surface area contributed by atoms with Crippen molar-refractivity contribution >= 4 is 53.1 Å². The van der Waals surface area contributed by atoms with E-state index in [1.54, 1.807) is 13.1 Å². The molecule has 7 heterocycles. The van der Waals surface area contributed by atoms with Gasteiger partial charge in [0.1, 0.15) is 23.5 Å². The summed E-state index contributed by atoms with van der Waals surface area (Å²) in [6.07, 6.45) is 37.7. The van der Waals surface area contributed by atoms with Crippen molar-refractivity contribution in [3.05, 3.63) is 163 Å². The number of nitrogens with zero attached hydrogens (tertiary/aromatic N) is 21. The van der Waals surface area contributed by atoms with Crippen LogP contribution in [0.2, 0.25) is 0 Å². The number of aryl methyl sites for hydroxylation is 6. The van der Waals surface area contributed by atoms with Crippen molar-refractivity contribution in [3.63, 3.8) is 0 Å². The van der Waals surface area contributed by atoms with Gasteiger partial charge < -0.3 is 30.9 Å². The zero-order valence-electron chi connectivity index (χ0n) is 67.4. The lowest BCUT2D eigenvalue weighted by Gasteiger charge is -2.19. The number of imide groups is 2. The van der Waals surface area contributed by atoms with Crippen LogP contribution < -0.4 is 11.5 Å². The summed E-state index contributed by atoms with van der Waals surface area (Å²) in [5, 5.41) is 78.5. The smallest absolute Gasteiger partial charge is 0.429 e. The van der Waals surface area contributed by atoms with Crippen LogP contribution in [0.4, 0.5) is 4.79 Å². The number of hydrogen-bond donors (Lipinski definition) is 3. The van der Waals surface area contributed by atoms with Gasteiger partial charge in [-0.15, -0.1) is 91.7 Å². The van der Waals surface area contributed by atoms with E-state index in [2.05, 4.69) is 145 Å². The first-order valence-corrected chi connectivity index (χ1v) is 40.0. The van der Waals surface area contributed by atoms with Gasteiger partial charge in [-0.05, 0) is 166 Å². The van der Waals surface area contributed by atoms with Gasteiger partial charge in [-0.3, -0.25) is 33.6 Å². The van der Waals surface area contributed by atoms with E-state index in [0.717, 1.165) is 180 Å². The quantitative estimate of drug-likeness (QED) is 0.0157. The third-order valence-corrected chi connectivity index (χ3v) is 18.0. The lowest BCUT2D eigenvalue weighted by atomic mass is 10.0. The number of rotatable bonds is 31. The van der Waals surface area contributed by atoms with Gasteiger partial charge in [0.15, 0.2) is 37.0 Å². The molecule has 36 nitrogen and oxygen atoms in total. The molecule has 628 valence electrons. The number of ketones is 3. The highest BCUT2D eigenvalue weighted by molar-refractivity contribution is 6.02. The Morgan fingerprint density at radius 3 is 1.29 bits per heavy atom. The van der Waals surface area contributed by atoms with Gasteiger partial charge >= 0.3 is 12.1 Å². The molecule has 0 spiro atoms. The van der Waals surface area contributed by atoms with Crippen molar-refractivity contribution in [1.29, 1.82) is 0 Å². The van der Waals surface area contributed by atoms with E-state index in [1.807, 2.05) is 67.6 Å². The molecular formula is C82H107N23O13. The number of aromatic nitrogens is 19. The van der Waals surface area contributed by atoms with Gasteiger partial charge in [0.25, 0.3) is 23.6 Å². The number of nitrogens with two attached hydrogens (primary N) is 2. The zero-order chi connectivity index (χ0) is 84.6. The predicted octanol–water partition coefficient (Wildman–Crippen LogP) is 9.65. The predicted molar refractivity (Wildman–Crippen MR) is 429 cm³/mol. The minimum Gasteiger partial charge on any atom is -0.429 e. The molecule has 2 aliphatic carbocycles. The molecule has 8 aromatic rings. The topological polar surface area (TPSA) is 505 Å². The molecule has 2 saturated heterocycles. The zero-order valence-corrected chi connectivity index (χ0v) is 67.4. The van der Waals surface area contributed by atoms with Crippen molar-refractivity contribution in [3.8, 4) is 34.2 Å². The molecule has 2 unspecified atom stereocenters. The number of hydroxylamine groups is 4. The van der Waals surface area contributed by atoms with Crippen molar-refractivity contribution in [2.24, 2.45) is 11.5 Å². The number of Topliss-reactive ketones (excluding diaryl/α,β-unsaturated/α-hetero) is 3. The van der Waals surface area contributed by atoms with Crippen LogP contribution >= 0.6 is 0 Å². The Labute approximate surface area is 685 Å². The molecule has 0 bridgehead atoms. The minimum atomic E-state index is -0.974. The summed E-state index contributed by atoms with van der Waals surface area (Å²) in [6.45, 7) is 7.09. The van der Waals surface area contributed by atoms with Crippen molar-refractivity contribution < 1.29 is 62.7 Å². The second kappa shape index (κ2) is 57.0. The summed E-state index contributed by atoms with van der Waals surface area (Å²) >= 11 is 0. The Balaban J connectivity index is 0.000000220. The van der Waals surface area contributed by atoms with E-state index >= 15 is 0 Å². The fraction of sp³-hybridized carbons (Fsp3) is 0.488. The number of aliphatic hydroxyl groups is 1. The third kappa shape index (κ3) is 39.9. The summed E-state index contributed by atoms with van der Waals surface area (Å²) in [7, 11) is 0. The molecule has 0 radical (unpaired) electrons. The summed E-state index contributed by atoms with van der Waals surface area (Å²) in [6, 6.07) is 23.3. The number of carbonyl (C=O) groups is 9. The van der Waals surface area contributed by atoms with Gasteiger partial charge in [-0.25, -0.2) is 14.6 Å². The van der Waals surface area contributed by atoms with E-state index in [0.29, 0.717) is 79.0 Å². The summed E-state index contributed by atoms with van der Waals surface area (Å²) in [5.74, 6) is 0.666. The Kier molecular flexibility index (Phi) is 45.7. The maximum absolute atomic E-state index is 12.0. The molecule has 36 heteroatoms. The molecule has 2 fully saturated rings. The second-order valence-corrected chi connectivity index (χ2v) is 27.5. The number of carbonyl (C=O) groups excluding carboxylic acids is 9. The number of ether oxygens (including phenoxy) is 1.